The summed E-state index contributed by atoms with van der Waals surface area (Å²) in [5, 5.41) is 8.90. The molecule has 0 saturated carbocycles. The molecule has 1 unspecified atom stereocenters. The van der Waals surface area contributed by atoms with Gasteiger partial charge in [0.1, 0.15) is 12.6 Å². The Labute approximate surface area is 372 Å². The lowest BCUT2D eigenvalue weighted by Gasteiger charge is -2.20. The Morgan fingerprint density at radius 3 is 1.31 bits per heavy atom. The van der Waals surface area contributed by atoms with E-state index in [9.17, 15) is 23.8 Å². The lowest BCUT2D eigenvalue weighted by atomic mass is 10.1. The number of phosphoric acid groups is 1. The second kappa shape index (κ2) is 43.3. The Kier molecular flexibility index (Phi) is 40.2. The van der Waals surface area contributed by atoms with Crippen molar-refractivity contribution in [1.29, 1.82) is 0 Å². The number of allylic oxidation sites excluding steroid dienone is 22. The number of aliphatic carboxylic acids is 1. The Balaban J connectivity index is 4.57. The van der Waals surface area contributed by atoms with E-state index in [1.807, 2.05) is 12.2 Å². The van der Waals surface area contributed by atoms with Crippen LogP contribution < -0.4 is 5.73 Å². The van der Waals surface area contributed by atoms with Gasteiger partial charge < -0.3 is 25.2 Å². The molecule has 0 spiro atoms. The average Bonchev–Trinajstić information content (AvgIpc) is 3.25. The third-order valence-corrected chi connectivity index (χ3v) is 9.36. The minimum atomic E-state index is -4.76. The van der Waals surface area contributed by atoms with Crippen molar-refractivity contribution in [3.8, 4) is 0 Å². The van der Waals surface area contributed by atoms with Gasteiger partial charge in [-0.3, -0.25) is 23.4 Å². The highest BCUT2D eigenvalue weighted by Crippen LogP contribution is 2.43. The zero-order valence-electron chi connectivity index (χ0n) is 37.4. The first-order valence-electron chi connectivity index (χ1n) is 22.2. The van der Waals surface area contributed by atoms with Crippen LogP contribution in [0, 0.1) is 0 Å². The first-order valence-corrected chi connectivity index (χ1v) is 23.7. The van der Waals surface area contributed by atoms with E-state index in [-0.39, 0.29) is 12.8 Å². The number of carboxylic acids is 1. The van der Waals surface area contributed by atoms with Gasteiger partial charge in [-0.05, 0) is 96.3 Å². The highest BCUT2D eigenvalue weighted by atomic mass is 31.2. The second-order valence-electron chi connectivity index (χ2n) is 14.1. The molecule has 0 amide bonds. The van der Waals surface area contributed by atoms with Crippen molar-refractivity contribution in [2.24, 2.45) is 5.73 Å². The molecule has 62 heavy (non-hydrogen) atoms. The van der Waals surface area contributed by atoms with Crippen LogP contribution in [-0.4, -0.2) is 59.9 Å². The molecule has 0 aliphatic carbocycles. The maximum Gasteiger partial charge on any atom is 0.472 e. The fourth-order valence-corrected chi connectivity index (χ4v) is 5.78. The van der Waals surface area contributed by atoms with Crippen LogP contribution >= 0.6 is 7.82 Å². The number of carboxylic acid groups (broad SMARTS) is 1. The number of rotatable bonds is 39. The van der Waals surface area contributed by atoms with E-state index in [0.29, 0.717) is 12.8 Å². The quantitative estimate of drug-likeness (QED) is 0.0232. The van der Waals surface area contributed by atoms with Gasteiger partial charge in [-0.1, -0.05) is 154 Å². The molecule has 0 aromatic rings. The summed E-state index contributed by atoms with van der Waals surface area (Å²) >= 11 is 0. The first-order chi connectivity index (χ1) is 30.1. The smallest absolute Gasteiger partial charge is 0.472 e. The summed E-state index contributed by atoms with van der Waals surface area (Å²) in [7, 11) is -4.76. The van der Waals surface area contributed by atoms with Gasteiger partial charge in [-0.15, -0.1) is 0 Å². The summed E-state index contributed by atoms with van der Waals surface area (Å²) in [6.45, 7) is 2.44. The molecule has 0 fully saturated rings. The summed E-state index contributed by atoms with van der Waals surface area (Å²) < 4.78 is 32.6. The number of nitrogens with two attached hydrogens (primary N) is 1. The summed E-state index contributed by atoms with van der Waals surface area (Å²) in [6, 6.07) is -1.55. The van der Waals surface area contributed by atoms with Crippen LogP contribution in [0.15, 0.2) is 134 Å². The Morgan fingerprint density at radius 2 is 0.887 bits per heavy atom. The molecule has 0 aromatic heterocycles. The van der Waals surface area contributed by atoms with Gasteiger partial charge in [0.05, 0.1) is 13.2 Å². The van der Waals surface area contributed by atoms with Crippen molar-refractivity contribution in [1.82, 2.24) is 0 Å². The number of unbranched alkanes of at least 4 members (excludes halogenated alkanes) is 3. The van der Waals surface area contributed by atoms with Crippen molar-refractivity contribution in [3.63, 3.8) is 0 Å². The van der Waals surface area contributed by atoms with Gasteiger partial charge >= 0.3 is 25.7 Å². The molecule has 0 aliphatic heterocycles. The number of carbonyl (C=O) groups is 3. The molecule has 4 N–H and O–H groups in total. The number of ether oxygens (including phenoxy) is 2. The summed E-state index contributed by atoms with van der Waals surface area (Å²) in [4.78, 5) is 46.0. The van der Waals surface area contributed by atoms with Gasteiger partial charge in [-0.25, -0.2) is 4.57 Å². The minimum absolute atomic E-state index is 0.0796. The van der Waals surface area contributed by atoms with Gasteiger partial charge in [0, 0.05) is 12.8 Å². The van der Waals surface area contributed by atoms with Crippen molar-refractivity contribution >= 4 is 25.7 Å². The van der Waals surface area contributed by atoms with E-state index in [4.69, 9.17) is 24.8 Å². The summed E-state index contributed by atoms with van der Waals surface area (Å²) in [6.07, 6.45) is 59.6. The van der Waals surface area contributed by atoms with E-state index in [1.54, 1.807) is 0 Å². The van der Waals surface area contributed by atoms with Crippen LogP contribution in [-0.2, 0) is 37.5 Å². The molecule has 0 bridgehead atoms. The minimum Gasteiger partial charge on any atom is -0.480 e. The maximum absolute atomic E-state index is 12.6. The van der Waals surface area contributed by atoms with Gasteiger partial charge in [-0.2, -0.15) is 0 Å². The summed E-state index contributed by atoms with van der Waals surface area (Å²) in [5.74, 6) is -2.55. The maximum atomic E-state index is 12.6. The van der Waals surface area contributed by atoms with Crippen molar-refractivity contribution in [2.45, 2.75) is 142 Å². The molecule has 0 heterocycles. The standard InChI is InChI=1S/C50H76NO10P/c1-3-5-7-9-11-13-15-17-19-21-23-25-27-29-31-33-35-37-39-41-48(52)58-43-46(44-59-62(56,57)60-45-47(51)50(54)55)61-49(53)42-40-38-36-34-32-30-28-26-24-22-20-18-16-14-12-10-8-6-4-2/h5-8,11-14,17-20,23-26,29-32,35,37,46-47H,3-4,9-10,15-16,21-22,27-28,33-34,36,38-45,51H2,1-2H3,(H,54,55)(H,56,57)/b7-5-,8-6-,13-11-,14-12-,19-17-,20-18-,25-23-,26-24-,31-29-,32-30-,37-35-/t46-,47+/m1/s1. The van der Waals surface area contributed by atoms with Crippen molar-refractivity contribution in [3.05, 3.63) is 134 Å². The third-order valence-electron chi connectivity index (χ3n) is 8.41. The molecular formula is C50H76NO10P. The largest absolute Gasteiger partial charge is 0.480 e. The van der Waals surface area contributed by atoms with E-state index >= 15 is 0 Å². The molecule has 0 aliphatic rings. The van der Waals surface area contributed by atoms with Gasteiger partial charge in [0.15, 0.2) is 6.10 Å². The molecule has 11 nitrogen and oxygen atoms in total. The molecule has 0 saturated heterocycles. The van der Waals surface area contributed by atoms with Gasteiger partial charge in [0.25, 0.3) is 0 Å². The Morgan fingerprint density at radius 1 is 0.500 bits per heavy atom. The molecule has 12 heteroatoms. The molecule has 3 atom stereocenters. The SMILES string of the molecule is CC/C=C\C/C=C\C/C=C\C/C=C\C/C=C\C/C=C\CCC(=O)OC[C@H](COP(=O)(O)OC[C@H](N)C(=O)O)OC(=O)CCCCC/C=C\C/C=C\C/C=C\C/C=C\C/C=C\CC. The van der Waals surface area contributed by atoms with Gasteiger partial charge in [0.2, 0.25) is 0 Å². The van der Waals surface area contributed by atoms with Crippen molar-refractivity contribution < 1.29 is 47.5 Å². The predicted octanol–water partition coefficient (Wildman–Crippen LogP) is 12.2. The zero-order chi connectivity index (χ0) is 45.6. The van der Waals surface area contributed by atoms with Crippen LogP contribution in [0.3, 0.4) is 0 Å². The third kappa shape index (κ3) is 42.3. The van der Waals surface area contributed by atoms with E-state index in [2.05, 4.69) is 140 Å². The van der Waals surface area contributed by atoms with Crippen LogP contribution in [0.1, 0.15) is 129 Å². The lowest BCUT2D eigenvalue weighted by molar-refractivity contribution is -0.161. The second-order valence-corrected chi connectivity index (χ2v) is 15.5. The molecule has 0 rings (SSSR count). The number of hydrogen-bond acceptors (Lipinski definition) is 9. The number of phosphoric ester groups is 1. The zero-order valence-corrected chi connectivity index (χ0v) is 38.3. The molecule has 0 radical (unpaired) electrons. The Hall–Kier alpha value is -4.38. The highest BCUT2D eigenvalue weighted by molar-refractivity contribution is 7.47. The monoisotopic (exact) mass is 882 g/mol. The first kappa shape index (κ1) is 57.6. The highest BCUT2D eigenvalue weighted by Gasteiger charge is 2.28. The fraction of sp³-hybridized carbons (Fsp3) is 0.500. The number of esters is 2. The number of hydrogen-bond donors (Lipinski definition) is 3. The van der Waals surface area contributed by atoms with Crippen LogP contribution in [0.25, 0.3) is 0 Å². The van der Waals surface area contributed by atoms with E-state index in [0.717, 1.165) is 89.9 Å². The Bertz CT molecular complexity index is 1550. The molecule has 346 valence electrons. The predicted molar refractivity (Wildman–Crippen MR) is 253 cm³/mol. The lowest BCUT2D eigenvalue weighted by Crippen LogP contribution is -2.34. The van der Waals surface area contributed by atoms with Crippen molar-refractivity contribution in [2.75, 3.05) is 19.8 Å². The molecular weight excluding hydrogens is 806 g/mol. The normalized spacial score (nSPS) is 14.9. The van der Waals surface area contributed by atoms with Crippen LogP contribution in [0.5, 0.6) is 0 Å². The average molecular weight is 882 g/mol. The van der Waals surface area contributed by atoms with Crippen LogP contribution in [0.4, 0.5) is 0 Å². The number of carbonyl (C=O) groups excluding carboxylic acids is 2. The fourth-order valence-electron chi connectivity index (χ4n) is 5.00. The molecule has 0 aromatic carbocycles. The topological polar surface area (TPSA) is 172 Å². The van der Waals surface area contributed by atoms with E-state index in [1.165, 1.54) is 0 Å². The van der Waals surface area contributed by atoms with Crippen LogP contribution in [0.2, 0.25) is 0 Å². The van der Waals surface area contributed by atoms with E-state index < -0.39 is 57.7 Å². The summed E-state index contributed by atoms with van der Waals surface area (Å²) in [5.41, 5.74) is 5.33.